The second-order valence-electron chi connectivity index (χ2n) is 4.23. The molecule has 4 rings (SSSR count). The molecule has 0 amide bonds. The molecular formula is C13H7N5O4. The minimum Gasteiger partial charge on any atom is -0.506 e. The maximum atomic E-state index is 9.77. The lowest BCUT2D eigenvalue weighted by atomic mass is 10.2. The van der Waals surface area contributed by atoms with Crippen LogP contribution in [0.3, 0.4) is 0 Å². The van der Waals surface area contributed by atoms with Gasteiger partial charge in [-0.3, -0.25) is 4.98 Å². The first-order valence-corrected chi connectivity index (χ1v) is 6.14. The zero-order chi connectivity index (χ0) is 14.9. The van der Waals surface area contributed by atoms with Gasteiger partial charge in [0.2, 0.25) is 5.82 Å². The third-order valence-corrected chi connectivity index (χ3v) is 2.91. The van der Waals surface area contributed by atoms with Gasteiger partial charge >= 0.3 is 0 Å². The normalized spacial score (nSPS) is 10.9. The highest BCUT2D eigenvalue weighted by Crippen LogP contribution is 2.31. The van der Waals surface area contributed by atoms with E-state index in [4.69, 9.17) is 13.5 Å². The lowest BCUT2D eigenvalue weighted by Crippen LogP contribution is -1.85. The van der Waals surface area contributed by atoms with E-state index in [1.165, 1.54) is 25.1 Å². The fraction of sp³-hybridized carbons (Fsp3) is 0. The molecule has 108 valence electrons. The Morgan fingerprint density at radius 2 is 2.09 bits per heavy atom. The van der Waals surface area contributed by atoms with Crippen molar-refractivity contribution in [2.45, 2.75) is 0 Å². The second kappa shape index (κ2) is 4.81. The Balaban J connectivity index is 1.77. The van der Waals surface area contributed by atoms with Gasteiger partial charge in [-0.2, -0.15) is 4.98 Å². The van der Waals surface area contributed by atoms with Gasteiger partial charge in [-0.1, -0.05) is 10.3 Å². The fourth-order valence-corrected chi connectivity index (χ4v) is 1.91. The quantitative estimate of drug-likeness (QED) is 0.605. The Hall–Kier alpha value is -3.49. The predicted octanol–water partition coefficient (Wildman–Crippen LogP) is 2.15. The van der Waals surface area contributed by atoms with E-state index in [0.717, 1.165) is 0 Å². The number of aromatic hydroxyl groups is 1. The Morgan fingerprint density at radius 3 is 2.91 bits per heavy atom. The summed E-state index contributed by atoms with van der Waals surface area (Å²) >= 11 is 0. The van der Waals surface area contributed by atoms with Crippen LogP contribution in [0.5, 0.6) is 5.75 Å². The Morgan fingerprint density at radius 1 is 1.14 bits per heavy atom. The van der Waals surface area contributed by atoms with E-state index in [9.17, 15) is 5.11 Å². The lowest BCUT2D eigenvalue weighted by molar-refractivity contribution is 0.418. The van der Waals surface area contributed by atoms with E-state index in [1.54, 1.807) is 12.1 Å². The molecule has 0 bridgehead atoms. The molecule has 9 nitrogen and oxygen atoms in total. The summed E-state index contributed by atoms with van der Waals surface area (Å²) < 4.78 is 15.2. The average molecular weight is 297 g/mol. The highest BCUT2D eigenvalue weighted by Gasteiger charge is 2.22. The molecule has 0 atom stereocenters. The van der Waals surface area contributed by atoms with Gasteiger partial charge in [0.25, 0.3) is 5.89 Å². The van der Waals surface area contributed by atoms with Gasteiger partial charge in [0.05, 0.1) is 11.8 Å². The van der Waals surface area contributed by atoms with Gasteiger partial charge in [0.15, 0.2) is 23.5 Å². The molecule has 4 heterocycles. The number of hydrogen-bond acceptors (Lipinski definition) is 9. The zero-order valence-corrected chi connectivity index (χ0v) is 10.9. The fourth-order valence-electron chi connectivity index (χ4n) is 1.91. The van der Waals surface area contributed by atoms with Crippen molar-refractivity contribution in [2.24, 2.45) is 0 Å². The summed E-state index contributed by atoms with van der Waals surface area (Å²) in [6.07, 6.45) is 5.47. The highest BCUT2D eigenvalue weighted by molar-refractivity contribution is 5.71. The highest BCUT2D eigenvalue weighted by atomic mass is 16.5. The number of oxazole rings is 1. The molecule has 1 N–H and O–H groups in total. The topological polar surface area (TPSA) is 124 Å². The summed E-state index contributed by atoms with van der Waals surface area (Å²) in [5, 5.41) is 17.4. The van der Waals surface area contributed by atoms with Crippen LogP contribution in [0.15, 0.2) is 50.6 Å². The zero-order valence-electron chi connectivity index (χ0n) is 10.9. The Labute approximate surface area is 122 Å². The van der Waals surface area contributed by atoms with Gasteiger partial charge < -0.3 is 18.6 Å². The molecule has 0 aliphatic rings. The molecule has 0 aromatic carbocycles. The van der Waals surface area contributed by atoms with E-state index in [0.29, 0.717) is 22.7 Å². The molecule has 0 aliphatic heterocycles. The molecule has 0 fully saturated rings. The van der Waals surface area contributed by atoms with Crippen LogP contribution >= 0.6 is 0 Å². The van der Waals surface area contributed by atoms with Crippen LogP contribution in [0.25, 0.3) is 34.4 Å². The third kappa shape index (κ3) is 1.92. The van der Waals surface area contributed by atoms with Crippen LogP contribution in [0, 0.1) is 0 Å². The van der Waals surface area contributed by atoms with Crippen LogP contribution in [0.2, 0.25) is 0 Å². The number of aromatic nitrogens is 5. The average Bonchev–Trinajstić information content (AvgIpc) is 3.27. The molecule has 0 saturated carbocycles. The number of pyridine rings is 1. The van der Waals surface area contributed by atoms with E-state index in [-0.39, 0.29) is 17.5 Å². The van der Waals surface area contributed by atoms with Crippen molar-refractivity contribution in [1.29, 1.82) is 0 Å². The summed E-state index contributed by atoms with van der Waals surface area (Å²) in [5.41, 5.74) is 1.19. The lowest BCUT2D eigenvalue weighted by Gasteiger charge is -1.95. The second-order valence-corrected chi connectivity index (χ2v) is 4.23. The molecule has 22 heavy (non-hydrogen) atoms. The van der Waals surface area contributed by atoms with Crippen molar-refractivity contribution >= 4 is 0 Å². The van der Waals surface area contributed by atoms with Gasteiger partial charge in [0.1, 0.15) is 12.0 Å². The standard InChI is InChI=1S/C13H7N5O4/c19-9-5-14-3-1-7(9)12-16-13(22-18-12)10-11(20-6-15-10)8-2-4-21-17-8/h1-6,19H. The molecule has 9 heteroatoms. The van der Waals surface area contributed by atoms with Crippen molar-refractivity contribution < 1.29 is 18.6 Å². The van der Waals surface area contributed by atoms with E-state index in [1.807, 2.05) is 0 Å². The number of hydrogen-bond donors (Lipinski definition) is 1. The van der Waals surface area contributed by atoms with Crippen molar-refractivity contribution in [3.63, 3.8) is 0 Å². The molecule has 0 unspecified atom stereocenters. The molecule has 0 radical (unpaired) electrons. The van der Waals surface area contributed by atoms with Gasteiger partial charge in [0, 0.05) is 12.3 Å². The van der Waals surface area contributed by atoms with Crippen molar-refractivity contribution in [2.75, 3.05) is 0 Å². The summed E-state index contributed by atoms with van der Waals surface area (Å²) in [7, 11) is 0. The van der Waals surface area contributed by atoms with Crippen molar-refractivity contribution in [3.8, 4) is 40.2 Å². The SMILES string of the molecule is Oc1cnccc1-c1noc(-c2ncoc2-c2ccon2)n1. The summed E-state index contributed by atoms with van der Waals surface area (Å²) in [4.78, 5) is 12.1. The smallest absolute Gasteiger partial charge is 0.280 e. The van der Waals surface area contributed by atoms with Crippen LogP contribution < -0.4 is 0 Å². The van der Waals surface area contributed by atoms with Crippen LogP contribution in [0.4, 0.5) is 0 Å². The first kappa shape index (κ1) is 12.3. The van der Waals surface area contributed by atoms with Gasteiger partial charge in [-0.15, -0.1) is 0 Å². The van der Waals surface area contributed by atoms with Crippen molar-refractivity contribution in [1.82, 2.24) is 25.3 Å². The molecule has 4 aromatic heterocycles. The largest absolute Gasteiger partial charge is 0.506 e. The summed E-state index contributed by atoms with van der Waals surface area (Å²) in [6, 6.07) is 3.20. The van der Waals surface area contributed by atoms with Crippen LogP contribution in [-0.4, -0.2) is 30.4 Å². The minimum absolute atomic E-state index is 0.0493. The van der Waals surface area contributed by atoms with E-state index in [2.05, 4.69) is 25.3 Å². The summed E-state index contributed by atoms with van der Waals surface area (Å²) in [5.74, 6) is 0.650. The molecular weight excluding hydrogens is 290 g/mol. The van der Waals surface area contributed by atoms with E-state index >= 15 is 0 Å². The summed E-state index contributed by atoms with van der Waals surface area (Å²) in [6.45, 7) is 0. The van der Waals surface area contributed by atoms with Crippen molar-refractivity contribution in [3.05, 3.63) is 37.2 Å². The van der Waals surface area contributed by atoms with Crippen LogP contribution in [0.1, 0.15) is 0 Å². The molecule has 0 aliphatic carbocycles. The monoisotopic (exact) mass is 297 g/mol. The molecule has 0 saturated heterocycles. The maximum Gasteiger partial charge on any atom is 0.280 e. The first-order valence-electron chi connectivity index (χ1n) is 6.14. The predicted molar refractivity (Wildman–Crippen MR) is 70.2 cm³/mol. The Kier molecular flexibility index (Phi) is 2.68. The Bertz CT molecular complexity index is 912. The third-order valence-electron chi connectivity index (χ3n) is 2.91. The maximum absolute atomic E-state index is 9.77. The van der Waals surface area contributed by atoms with Gasteiger partial charge in [-0.25, -0.2) is 4.98 Å². The van der Waals surface area contributed by atoms with Gasteiger partial charge in [-0.05, 0) is 6.07 Å². The molecule has 4 aromatic rings. The first-order chi connectivity index (χ1) is 10.8. The number of rotatable bonds is 3. The van der Waals surface area contributed by atoms with E-state index < -0.39 is 0 Å². The number of nitrogens with zero attached hydrogens (tertiary/aromatic N) is 5. The van der Waals surface area contributed by atoms with Crippen LogP contribution in [-0.2, 0) is 0 Å². The molecule has 0 spiro atoms. The minimum atomic E-state index is -0.0493.